The van der Waals surface area contributed by atoms with Gasteiger partial charge >= 0.3 is 0 Å². The summed E-state index contributed by atoms with van der Waals surface area (Å²) in [6, 6.07) is 17.6. The number of ketones is 1. The molecule has 0 unspecified atom stereocenters. The van der Waals surface area contributed by atoms with Gasteiger partial charge in [0.05, 0.1) is 11.9 Å². The van der Waals surface area contributed by atoms with E-state index in [1.165, 1.54) is 19.1 Å². The van der Waals surface area contributed by atoms with E-state index >= 15 is 0 Å². The van der Waals surface area contributed by atoms with Crippen LogP contribution in [0.15, 0.2) is 72.8 Å². The first-order valence-electron chi connectivity index (χ1n) is 11.1. The van der Waals surface area contributed by atoms with Crippen LogP contribution in [0.3, 0.4) is 0 Å². The summed E-state index contributed by atoms with van der Waals surface area (Å²) >= 11 is 0. The van der Waals surface area contributed by atoms with Crippen molar-refractivity contribution in [2.45, 2.75) is 39.2 Å². The van der Waals surface area contributed by atoms with Crippen LogP contribution in [-0.4, -0.2) is 32.4 Å². The van der Waals surface area contributed by atoms with Crippen LogP contribution in [0.1, 0.15) is 49.2 Å². The molecule has 3 aromatic carbocycles. The molecule has 3 aromatic rings. The topological polar surface area (TPSA) is 83.6 Å². The standard InChI is InChI=1S/C27H29FN2O4S/c1-18(30(35(5,33)34)24-15-13-22(28)14-16-24)26(32)29-23-8-6-7-20(17-23)25(31)19-9-11-21(12-10-19)27(2,3)4/h6-18H,1-5H3,(H,29,32)/t18-/m0/s1. The molecule has 0 bridgehead atoms. The molecule has 0 saturated carbocycles. The maximum atomic E-state index is 13.3. The lowest BCUT2D eigenvalue weighted by atomic mass is 9.86. The van der Waals surface area contributed by atoms with E-state index in [9.17, 15) is 22.4 Å². The van der Waals surface area contributed by atoms with Crippen LogP contribution < -0.4 is 9.62 Å². The summed E-state index contributed by atoms with van der Waals surface area (Å²) in [5, 5.41) is 2.68. The molecular weight excluding hydrogens is 467 g/mol. The van der Waals surface area contributed by atoms with Crippen molar-refractivity contribution in [1.82, 2.24) is 0 Å². The van der Waals surface area contributed by atoms with E-state index in [1.54, 1.807) is 36.4 Å². The van der Waals surface area contributed by atoms with Crippen LogP contribution in [0, 0.1) is 5.82 Å². The summed E-state index contributed by atoms with van der Waals surface area (Å²) in [7, 11) is -3.84. The lowest BCUT2D eigenvalue weighted by Crippen LogP contribution is -2.45. The summed E-state index contributed by atoms with van der Waals surface area (Å²) in [6.07, 6.45) is 0.977. The second-order valence-electron chi connectivity index (χ2n) is 9.44. The van der Waals surface area contributed by atoms with Crippen molar-refractivity contribution in [3.8, 4) is 0 Å². The van der Waals surface area contributed by atoms with Gasteiger partial charge in [-0.2, -0.15) is 0 Å². The molecule has 0 saturated heterocycles. The maximum absolute atomic E-state index is 13.3. The Morgan fingerprint density at radius 1 is 0.914 bits per heavy atom. The smallest absolute Gasteiger partial charge is 0.247 e. The minimum Gasteiger partial charge on any atom is -0.324 e. The first kappa shape index (κ1) is 26.1. The van der Waals surface area contributed by atoms with Crippen LogP contribution in [0.5, 0.6) is 0 Å². The molecule has 6 nitrogen and oxygen atoms in total. The third-order valence-corrected chi connectivity index (χ3v) is 6.82. The molecule has 1 amide bonds. The first-order chi connectivity index (χ1) is 16.3. The number of hydrogen-bond donors (Lipinski definition) is 1. The zero-order chi connectivity index (χ0) is 26.0. The van der Waals surface area contributed by atoms with E-state index in [2.05, 4.69) is 26.1 Å². The van der Waals surface area contributed by atoms with E-state index in [0.717, 1.165) is 28.3 Å². The average Bonchev–Trinajstić information content (AvgIpc) is 2.78. The molecular formula is C27H29FN2O4S. The maximum Gasteiger partial charge on any atom is 0.247 e. The first-order valence-corrected chi connectivity index (χ1v) is 12.9. The van der Waals surface area contributed by atoms with Gasteiger partial charge in [-0.15, -0.1) is 0 Å². The van der Waals surface area contributed by atoms with Crippen LogP contribution in [0.2, 0.25) is 0 Å². The molecule has 35 heavy (non-hydrogen) atoms. The number of benzene rings is 3. The van der Waals surface area contributed by atoms with Crippen molar-refractivity contribution in [2.75, 3.05) is 15.9 Å². The Morgan fingerprint density at radius 2 is 1.51 bits per heavy atom. The number of halogens is 1. The Kier molecular flexibility index (Phi) is 7.45. The normalized spacial score (nSPS) is 12.6. The molecule has 0 heterocycles. The molecule has 0 aliphatic heterocycles. The highest BCUT2D eigenvalue weighted by Crippen LogP contribution is 2.24. The van der Waals surface area contributed by atoms with Gasteiger partial charge < -0.3 is 5.32 Å². The molecule has 0 aromatic heterocycles. The number of carbonyl (C=O) groups is 2. The van der Waals surface area contributed by atoms with Crippen molar-refractivity contribution in [2.24, 2.45) is 0 Å². The molecule has 184 valence electrons. The number of anilines is 2. The molecule has 0 aliphatic carbocycles. The summed E-state index contributed by atoms with van der Waals surface area (Å²) in [6.45, 7) is 7.72. The minimum absolute atomic E-state index is 0.0315. The molecule has 1 atom stereocenters. The lowest BCUT2D eigenvalue weighted by molar-refractivity contribution is -0.116. The second-order valence-corrected chi connectivity index (χ2v) is 11.3. The Bertz CT molecular complexity index is 1330. The SMILES string of the molecule is C[C@@H](C(=O)Nc1cccc(C(=O)c2ccc(C(C)(C)C)cc2)c1)N(c1ccc(F)cc1)S(C)(=O)=O. The van der Waals surface area contributed by atoms with Gasteiger partial charge in [0.15, 0.2) is 5.78 Å². The number of rotatable bonds is 7. The average molecular weight is 497 g/mol. The fraction of sp³-hybridized carbons (Fsp3) is 0.259. The van der Waals surface area contributed by atoms with E-state index in [1.807, 2.05) is 12.1 Å². The van der Waals surface area contributed by atoms with Gasteiger partial charge in [-0.25, -0.2) is 12.8 Å². The fourth-order valence-corrected chi connectivity index (χ4v) is 4.84. The zero-order valence-corrected chi connectivity index (χ0v) is 21.2. The number of nitrogens with one attached hydrogen (secondary N) is 1. The molecule has 0 spiro atoms. The van der Waals surface area contributed by atoms with Gasteiger partial charge in [0.1, 0.15) is 11.9 Å². The highest BCUT2D eigenvalue weighted by molar-refractivity contribution is 7.92. The van der Waals surface area contributed by atoms with Gasteiger partial charge in [-0.3, -0.25) is 13.9 Å². The number of carbonyl (C=O) groups excluding carboxylic acids is 2. The molecule has 0 aliphatic rings. The fourth-order valence-electron chi connectivity index (χ4n) is 3.67. The van der Waals surface area contributed by atoms with Gasteiger partial charge in [0, 0.05) is 16.8 Å². The van der Waals surface area contributed by atoms with Crippen LogP contribution >= 0.6 is 0 Å². The zero-order valence-electron chi connectivity index (χ0n) is 20.4. The Morgan fingerprint density at radius 3 is 2.06 bits per heavy atom. The Labute approximate surface area is 205 Å². The van der Waals surface area contributed by atoms with E-state index in [4.69, 9.17) is 0 Å². The summed E-state index contributed by atoms with van der Waals surface area (Å²) in [4.78, 5) is 25.9. The van der Waals surface area contributed by atoms with Crippen molar-refractivity contribution in [3.63, 3.8) is 0 Å². The van der Waals surface area contributed by atoms with Crippen molar-refractivity contribution in [1.29, 1.82) is 0 Å². The molecule has 0 radical (unpaired) electrons. The molecule has 8 heteroatoms. The summed E-state index contributed by atoms with van der Waals surface area (Å²) < 4.78 is 39.1. The van der Waals surface area contributed by atoms with Gasteiger partial charge in [0.2, 0.25) is 15.9 Å². The Hall–Kier alpha value is -3.52. The van der Waals surface area contributed by atoms with Crippen LogP contribution in [0.25, 0.3) is 0 Å². The predicted octanol–water partition coefficient (Wildman–Crippen LogP) is 5.15. The predicted molar refractivity (Wildman–Crippen MR) is 137 cm³/mol. The number of sulfonamides is 1. The van der Waals surface area contributed by atoms with Crippen LogP contribution in [-0.2, 0) is 20.2 Å². The number of amides is 1. The number of hydrogen-bond acceptors (Lipinski definition) is 4. The van der Waals surface area contributed by atoms with Crippen molar-refractivity contribution >= 4 is 33.1 Å². The summed E-state index contributed by atoms with van der Waals surface area (Å²) in [5.41, 5.74) is 2.51. The molecule has 3 rings (SSSR count). The quantitative estimate of drug-likeness (QED) is 0.459. The number of nitrogens with zero attached hydrogens (tertiary/aromatic N) is 1. The molecule has 1 N–H and O–H groups in total. The van der Waals surface area contributed by atoms with Gasteiger partial charge in [0.25, 0.3) is 0 Å². The van der Waals surface area contributed by atoms with E-state index in [0.29, 0.717) is 16.8 Å². The highest BCUT2D eigenvalue weighted by atomic mass is 32.2. The third kappa shape index (κ3) is 6.33. The van der Waals surface area contributed by atoms with E-state index in [-0.39, 0.29) is 16.9 Å². The largest absolute Gasteiger partial charge is 0.324 e. The second kappa shape index (κ2) is 10.00. The monoisotopic (exact) mass is 496 g/mol. The van der Waals surface area contributed by atoms with Crippen molar-refractivity contribution in [3.05, 3.63) is 95.3 Å². The third-order valence-electron chi connectivity index (χ3n) is 5.58. The lowest BCUT2D eigenvalue weighted by Gasteiger charge is -2.28. The van der Waals surface area contributed by atoms with Gasteiger partial charge in [-0.1, -0.05) is 57.2 Å². The molecule has 0 fully saturated rings. The highest BCUT2D eigenvalue weighted by Gasteiger charge is 2.29. The van der Waals surface area contributed by atoms with Gasteiger partial charge in [-0.05, 0) is 54.3 Å². The van der Waals surface area contributed by atoms with Crippen molar-refractivity contribution < 1.29 is 22.4 Å². The van der Waals surface area contributed by atoms with Crippen LogP contribution in [0.4, 0.5) is 15.8 Å². The van der Waals surface area contributed by atoms with E-state index < -0.39 is 27.8 Å². The summed E-state index contributed by atoms with van der Waals surface area (Å²) in [5.74, 6) is -1.31. The Balaban J connectivity index is 1.81. The minimum atomic E-state index is -3.84.